The van der Waals surface area contributed by atoms with Crippen LogP contribution in [0.25, 0.3) is 10.9 Å². The number of carbonyl (C=O) groups excluding carboxylic acids is 2. The number of likely N-dealkylation sites (N-methyl/N-ethyl adjacent to an activating group) is 1. The van der Waals surface area contributed by atoms with Gasteiger partial charge in [-0.2, -0.15) is 0 Å². The molecule has 1 aliphatic rings. The summed E-state index contributed by atoms with van der Waals surface area (Å²) in [6, 6.07) is 22.2. The van der Waals surface area contributed by atoms with E-state index in [9.17, 15) is 9.59 Å². The maximum Gasteiger partial charge on any atom is 0.254 e. The number of nitrogens with one attached hydrogen (secondary N) is 2. The molecular weight excluding hydrogens is 414 g/mol. The van der Waals surface area contributed by atoms with Crippen molar-refractivity contribution in [3.05, 3.63) is 95.7 Å². The Labute approximate surface area is 192 Å². The number of benzene rings is 3. The molecule has 2 amide bonds. The van der Waals surface area contributed by atoms with E-state index in [0.29, 0.717) is 17.9 Å². The summed E-state index contributed by atoms with van der Waals surface area (Å²) in [6.45, 7) is 2.51. The molecule has 0 spiro atoms. The van der Waals surface area contributed by atoms with Gasteiger partial charge in [0.05, 0.1) is 18.6 Å². The third-order valence-electron chi connectivity index (χ3n) is 6.23. The number of amides is 2. The van der Waals surface area contributed by atoms with Crippen LogP contribution in [0.5, 0.6) is 5.75 Å². The van der Waals surface area contributed by atoms with Gasteiger partial charge in [0.25, 0.3) is 5.91 Å². The molecule has 6 nitrogen and oxygen atoms in total. The fourth-order valence-corrected chi connectivity index (χ4v) is 4.71. The molecule has 2 N–H and O–H groups in total. The van der Waals surface area contributed by atoms with Crippen LogP contribution in [0.4, 0.5) is 5.69 Å². The molecule has 166 valence electrons. The van der Waals surface area contributed by atoms with Gasteiger partial charge >= 0.3 is 0 Å². The van der Waals surface area contributed by atoms with Gasteiger partial charge in [-0.05, 0) is 48.9 Å². The van der Waals surface area contributed by atoms with Gasteiger partial charge in [0.1, 0.15) is 5.75 Å². The Kier molecular flexibility index (Phi) is 5.34. The third-order valence-corrected chi connectivity index (χ3v) is 6.23. The molecular formula is C27H25N3O3. The van der Waals surface area contributed by atoms with Gasteiger partial charge < -0.3 is 19.9 Å². The molecule has 4 aromatic rings. The Morgan fingerprint density at radius 2 is 1.73 bits per heavy atom. The number of H-pyrrole nitrogens is 1. The zero-order valence-electron chi connectivity index (χ0n) is 18.5. The van der Waals surface area contributed by atoms with Gasteiger partial charge in [-0.25, -0.2) is 0 Å². The van der Waals surface area contributed by atoms with E-state index in [1.807, 2.05) is 79.9 Å². The van der Waals surface area contributed by atoms with Crippen molar-refractivity contribution in [1.29, 1.82) is 0 Å². The molecule has 6 heteroatoms. The molecule has 2 unspecified atom stereocenters. The normalized spacial score (nSPS) is 17.6. The number of ether oxygens (including phenoxy) is 1. The Morgan fingerprint density at radius 1 is 1.00 bits per heavy atom. The van der Waals surface area contributed by atoms with Crippen molar-refractivity contribution >= 4 is 28.4 Å². The number of aromatic nitrogens is 1. The number of hydrogen-bond acceptors (Lipinski definition) is 3. The zero-order valence-corrected chi connectivity index (χ0v) is 18.5. The average Bonchev–Trinajstić information content (AvgIpc) is 3.26. The van der Waals surface area contributed by atoms with Gasteiger partial charge in [-0.1, -0.05) is 36.4 Å². The van der Waals surface area contributed by atoms with Crippen LogP contribution < -0.4 is 10.1 Å². The summed E-state index contributed by atoms with van der Waals surface area (Å²) in [5.41, 5.74) is 3.86. The number of para-hydroxylation sites is 1. The highest BCUT2D eigenvalue weighted by molar-refractivity contribution is 6.05. The topological polar surface area (TPSA) is 74.4 Å². The van der Waals surface area contributed by atoms with E-state index in [2.05, 4.69) is 10.3 Å². The fourth-order valence-electron chi connectivity index (χ4n) is 4.71. The predicted octanol–water partition coefficient (Wildman–Crippen LogP) is 5.12. The van der Waals surface area contributed by atoms with Gasteiger partial charge in [-0.3, -0.25) is 9.59 Å². The van der Waals surface area contributed by atoms with E-state index in [1.54, 1.807) is 18.0 Å². The van der Waals surface area contributed by atoms with Crippen LogP contribution in [0.3, 0.4) is 0 Å². The number of rotatable bonds is 5. The first-order valence-corrected chi connectivity index (χ1v) is 11.0. The van der Waals surface area contributed by atoms with Crippen LogP contribution in [0, 0.1) is 0 Å². The lowest BCUT2D eigenvalue weighted by Gasteiger charge is -2.39. The lowest BCUT2D eigenvalue weighted by atomic mass is 9.79. The Bertz CT molecular complexity index is 1330. The molecule has 2 heterocycles. The highest BCUT2D eigenvalue weighted by atomic mass is 16.5. The van der Waals surface area contributed by atoms with Crippen LogP contribution in [-0.4, -0.2) is 35.4 Å². The van der Waals surface area contributed by atoms with E-state index in [1.165, 1.54) is 0 Å². The molecule has 0 bridgehead atoms. The maximum atomic E-state index is 13.7. The first-order valence-electron chi connectivity index (χ1n) is 11.0. The third kappa shape index (κ3) is 3.63. The second-order valence-corrected chi connectivity index (χ2v) is 8.16. The Hall–Kier alpha value is -4.06. The number of aromatic amines is 1. The smallest absolute Gasteiger partial charge is 0.254 e. The molecule has 33 heavy (non-hydrogen) atoms. The van der Waals surface area contributed by atoms with Crippen molar-refractivity contribution in [2.24, 2.45) is 0 Å². The molecule has 0 saturated heterocycles. The van der Waals surface area contributed by atoms with Crippen LogP contribution >= 0.6 is 0 Å². The second-order valence-electron chi connectivity index (χ2n) is 8.16. The van der Waals surface area contributed by atoms with Gasteiger partial charge in [0, 0.05) is 41.0 Å². The maximum absolute atomic E-state index is 13.7. The summed E-state index contributed by atoms with van der Waals surface area (Å²) in [4.78, 5) is 32.0. The molecule has 3 aromatic carbocycles. The highest BCUT2D eigenvalue weighted by Gasteiger charge is 2.43. The van der Waals surface area contributed by atoms with Crippen LogP contribution in [-0.2, 0) is 4.79 Å². The first-order chi connectivity index (χ1) is 16.1. The van der Waals surface area contributed by atoms with Gasteiger partial charge in [0.15, 0.2) is 0 Å². The Balaban J connectivity index is 1.58. The first kappa shape index (κ1) is 20.8. The lowest BCUT2D eigenvalue weighted by Crippen LogP contribution is -2.44. The largest absolute Gasteiger partial charge is 0.494 e. The van der Waals surface area contributed by atoms with Crippen molar-refractivity contribution in [3.8, 4) is 5.75 Å². The second kappa shape index (κ2) is 8.47. The lowest BCUT2D eigenvalue weighted by molar-refractivity contribution is -0.119. The van der Waals surface area contributed by atoms with Gasteiger partial charge in [-0.15, -0.1) is 0 Å². The summed E-state index contributed by atoms with van der Waals surface area (Å²) >= 11 is 0. The van der Waals surface area contributed by atoms with E-state index in [4.69, 9.17) is 4.74 Å². The zero-order chi connectivity index (χ0) is 22.9. The number of carbonyl (C=O) groups is 2. The van der Waals surface area contributed by atoms with E-state index in [0.717, 1.165) is 27.8 Å². The van der Waals surface area contributed by atoms with Crippen molar-refractivity contribution in [2.75, 3.05) is 19.0 Å². The quantitative estimate of drug-likeness (QED) is 0.453. The molecule has 0 radical (unpaired) electrons. The molecule has 5 rings (SSSR count). The predicted molar refractivity (Wildman–Crippen MR) is 129 cm³/mol. The van der Waals surface area contributed by atoms with Gasteiger partial charge in [0.2, 0.25) is 5.91 Å². The Morgan fingerprint density at radius 3 is 2.52 bits per heavy atom. The molecule has 1 aliphatic heterocycles. The molecule has 0 fully saturated rings. The fraction of sp³-hybridized carbons (Fsp3) is 0.185. The molecule has 0 aliphatic carbocycles. The van der Waals surface area contributed by atoms with Crippen molar-refractivity contribution in [1.82, 2.24) is 9.88 Å². The SMILES string of the molecule is CCOc1ccc(NC(=O)C2c3ccccc3C(=O)N(C)C2c2c[nH]c3ccccc23)cc1. The minimum Gasteiger partial charge on any atom is -0.494 e. The van der Waals surface area contributed by atoms with E-state index >= 15 is 0 Å². The summed E-state index contributed by atoms with van der Waals surface area (Å²) in [6.07, 6.45) is 1.91. The highest BCUT2D eigenvalue weighted by Crippen LogP contribution is 2.44. The standard InChI is InChI=1S/C27H25N3O3/c1-3-33-18-14-12-17(13-15-18)29-26(31)24-20-9-4-5-10-21(20)27(32)30(2)25(24)22-16-28-23-11-7-6-8-19(22)23/h4-16,24-25,28H,3H2,1-2H3,(H,29,31). The monoisotopic (exact) mass is 439 g/mol. The minimum atomic E-state index is -0.574. The van der Waals surface area contributed by atoms with Crippen molar-refractivity contribution in [3.63, 3.8) is 0 Å². The number of anilines is 1. The van der Waals surface area contributed by atoms with Crippen molar-refractivity contribution < 1.29 is 14.3 Å². The molecule has 0 saturated carbocycles. The van der Waals surface area contributed by atoms with Crippen LogP contribution in [0.15, 0.2) is 79.0 Å². The average molecular weight is 440 g/mol. The number of fused-ring (bicyclic) bond motifs is 2. The van der Waals surface area contributed by atoms with Crippen LogP contribution in [0.1, 0.15) is 40.4 Å². The number of nitrogens with zero attached hydrogens (tertiary/aromatic N) is 1. The summed E-state index contributed by atoms with van der Waals surface area (Å²) in [5, 5.41) is 4.05. The van der Waals surface area contributed by atoms with Crippen LogP contribution in [0.2, 0.25) is 0 Å². The minimum absolute atomic E-state index is 0.0917. The number of hydrogen-bond donors (Lipinski definition) is 2. The summed E-state index contributed by atoms with van der Waals surface area (Å²) < 4.78 is 5.50. The van der Waals surface area contributed by atoms with E-state index in [-0.39, 0.29) is 11.8 Å². The summed E-state index contributed by atoms with van der Waals surface area (Å²) in [5.74, 6) is -0.0811. The molecule has 2 atom stereocenters. The van der Waals surface area contributed by atoms with Crippen molar-refractivity contribution in [2.45, 2.75) is 18.9 Å². The van der Waals surface area contributed by atoms with E-state index < -0.39 is 12.0 Å². The summed E-state index contributed by atoms with van der Waals surface area (Å²) in [7, 11) is 1.77. The molecule has 1 aromatic heterocycles.